The van der Waals surface area contributed by atoms with Crippen molar-refractivity contribution in [3.63, 3.8) is 0 Å². The first kappa shape index (κ1) is 21.5. The number of carbonyl (C=O) groups excluding carboxylic acids is 1. The zero-order valence-corrected chi connectivity index (χ0v) is 18.2. The van der Waals surface area contributed by atoms with Gasteiger partial charge >= 0.3 is 5.97 Å². The number of carbonyl (C=O) groups is 1. The Morgan fingerprint density at radius 3 is 2.41 bits per heavy atom. The van der Waals surface area contributed by atoms with Crippen molar-refractivity contribution >= 4 is 26.9 Å². The first-order chi connectivity index (χ1) is 13.7. The molecule has 1 fully saturated rings. The first-order valence-electron chi connectivity index (χ1n) is 10.0. The van der Waals surface area contributed by atoms with Crippen LogP contribution in [0.5, 0.6) is 0 Å². The van der Waals surface area contributed by atoms with Gasteiger partial charge in [0.2, 0.25) is 15.5 Å². The average Bonchev–Trinajstić information content (AvgIpc) is 2.67. The van der Waals surface area contributed by atoms with Crippen LogP contribution in [-0.2, 0) is 21.3 Å². The molecular weight excluding hydrogens is 392 g/mol. The van der Waals surface area contributed by atoms with Crippen molar-refractivity contribution < 1.29 is 17.9 Å². The summed E-state index contributed by atoms with van der Waals surface area (Å²) < 4.78 is 34.7. The van der Waals surface area contributed by atoms with E-state index in [4.69, 9.17) is 4.74 Å². The molecule has 0 aliphatic carbocycles. The number of ether oxygens (including phenoxy) is 1. The van der Waals surface area contributed by atoms with Crippen LogP contribution in [0.3, 0.4) is 0 Å². The van der Waals surface area contributed by atoms with E-state index in [1.54, 1.807) is 17.6 Å². The quantitative estimate of drug-likeness (QED) is 0.695. The lowest BCUT2D eigenvalue weighted by Gasteiger charge is -2.34. The highest BCUT2D eigenvalue weighted by molar-refractivity contribution is 7.89. The molecule has 1 aromatic carbocycles. The number of pyridine rings is 1. The third-order valence-corrected chi connectivity index (χ3v) is 7.19. The molecule has 8 heteroatoms. The number of sulfonamides is 1. The molecule has 3 rings (SSSR count). The number of aryl methyl sites for hydroxylation is 1. The molecule has 0 amide bonds. The fraction of sp³-hybridized carbons (Fsp3) is 0.524. The van der Waals surface area contributed by atoms with Gasteiger partial charge in [0.25, 0.3) is 0 Å². The molecule has 0 spiro atoms. The number of benzene rings is 1. The number of esters is 1. The Labute approximate surface area is 171 Å². The molecule has 0 unspecified atom stereocenters. The van der Waals surface area contributed by atoms with E-state index in [9.17, 15) is 18.0 Å². The Kier molecular flexibility index (Phi) is 6.14. The van der Waals surface area contributed by atoms with Crippen LogP contribution in [0.4, 0.5) is 0 Å². The summed E-state index contributed by atoms with van der Waals surface area (Å²) in [6.07, 6.45) is 2.47. The highest BCUT2D eigenvalue weighted by Crippen LogP contribution is 2.28. The van der Waals surface area contributed by atoms with Crippen molar-refractivity contribution in [1.82, 2.24) is 8.87 Å². The number of hydrogen-bond acceptors (Lipinski definition) is 5. The largest absolute Gasteiger partial charge is 0.462 e. The maximum atomic E-state index is 13.2. The fourth-order valence-electron chi connectivity index (χ4n) is 4.10. The van der Waals surface area contributed by atoms with Crippen LogP contribution < -0.4 is 5.43 Å². The van der Waals surface area contributed by atoms with Gasteiger partial charge < -0.3 is 9.30 Å². The Balaban J connectivity index is 2.15. The van der Waals surface area contributed by atoms with E-state index in [0.29, 0.717) is 25.2 Å². The number of rotatable bonds is 5. The van der Waals surface area contributed by atoms with E-state index < -0.39 is 21.4 Å². The maximum Gasteiger partial charge on any atom is 0.343 e. The van der Waals surface area contributed by atoms with Crippen LogP contribution in [0.2, 0.25) is 0 Å². The Morgan fingerprint density at radius 1 is 1.17 bits per heavy atom. The summed E-state index contributed by atoms with van der Waals surface area (Å²) in [4.78, 5) is 25.2. The van der Waals surface area contributed by atoms with Crippen LogP contribution in [0.25, 0.3) is 10.9 Å². The number of aromatic nitrogens is 1. The van der Waals surface area contributed by atoms with Crippen LogP contribution in [0.1, 0.15) is 44.5 Å². The van der Waals surface area contributed by atoms with Gasteiger partial charge in [-0.2, -0.15) is 4.31 Å². The van der Waals surface area contributed by atoms with Crippen molar-refractivity contribution in [3.05, 3.63) is 40.2 Å². The van der Waals surface area contributed by atoms with Crippen molar-refractivity contribution in [2.45, 2.75) is 45.6 Å². The second-order valence-corrected chi connectivity index (χ2v) is 9.76. The Hall–Kier alpha value is -2.19. The van der Waals surface area contributed by atoms with Crippen molar-refractivity contribution in [1.29, 1.82) is 0 Å². The average molecular weight is 421 g/mol. The molecule has 1 aliphatic rings. The molecule has 0 bridgehead atoms. The zero-order valence-electron chi connectivity index (χ0n) is 17.3. The molecule has 0 radical (unpaired) electrons. The van der Waals surface area contributed by atoms with E-state index in [0.717, 1.165) is 6.42 Å². The summed E-state index contributed by atoms with van der Waals surface area (Å²) in [5.74, 6) is -0.142. The molecule has 0 N–H and O–H groups in total. The van der Waals surface area contributed by atoms with Crippen LogP contribution in [0, 0.1) is 11.8 Å². The summed E-state index contributed by atoms with van der Waals surface area (Å²) in [7, 11) is -3.73. The third-order valence-electron chi connectivity index (χ3n) is 5.36. The molecule has 1 aromatic heterocycles. The van der Waals surface area contributed by atoms with Crippen LogP contribution in [-0.4, -0.2) is 43.0 Å². The zero-order chi connectivity index (χ0) is 21.3. The van der Waals surface area contributed by atoms with Gasteiger partial charge in [-0.1, -0.05) is 13.8 Å². The van der Waals surface area contributed by atoms with Crippen molar-refractivity contribution in [2.24, 2.45) is 11.8 Å². The summed E-state index contributed by atoms with van der Waals surface area (Å²) in [5.41, 5.74) is -0.0126. The molecule has 7 nitrogen and oxygen atoms in total. The Bertz CT molecular complexity index is 1080. The molecular formula is C21H28N2O5S. The van der Waals surface area contributed by atoms with Crippen molar-refractivity contribution in [3.8, 4) is 0 Å². The molecule has 1 saturated heterocycles. The predicted molar refractivity (Wildman–Crippen MR) is 112 cm³/mol. The molecule has 0 saturated carbocycles. The lowest BCUT2D eigenvalue weighted by Crippen LogP contribution is -2.42. The summed E-state index contributed by atoms with van der Waals surface area (Å²) >= 11 is 0. The number of nitrogens with zero attached hydrogens (tertiary/aromatic N) is 2. The maximum absolute atomic E-state index is 13.2. The molecule has 1 aliphatic heterocycles. The SMILES string of the molecule is CCOC(=O)c1cn(CC)c2ccc(S(=O)(=O)N3C[C@@H](C)C[C@H](C)C3)cc2c1=O. The third kappa shape index (κ3) is 4.09. The van der Waals surface area contributed by atoms with Gasteiger partial charge in [-0.3, -0.25) is 4.79 Å². The number of fused-ring (bicyclic) bond motifs is 1. The molecule has 2 heterocycles. The van der Waals surface area contributed by atoms with E-state index in [-0.39, 0.29) is 34.3 Å². The summed E-state index contributed by atoms with van der Waals surface area (Å²) in [6.45, 7) is 9.26. The molecule has 158 valence electrons. The monoisotopic (exact) mass is 420 g/mol. The lowest BCUT2D eigenvalue weighted by atomic mass is 9.94. The summed E-state index contributed by atoms with van der Waals surface area (Å²) in [5, 5.41) is 0.205. The van der Waals surface area contributed by atoms with Gasteiger partial charge in [0, 0.05) is 31.2 Å². The first-order valence-corrected chi connectivity index (χ1v) is 11.5. The van der Waals surface area contributed by atoms with Gasteiger partial charge in [-0.15, -0.1) is 0 Å². The van der Waals surface area contributed by atoms with Gasteiger partial charge in [0.1, 0.15) is 5.56 Å². The highest BCUT2D eigenvalue weighted by Gasteiger charge is 2.32. The van der Waals surface area contributed by atoms with Crippen LogP contribution >= 0.6 is 0 Å². The highest BCUT2D eigenvalue weighted by atomic mass is 32.2. The van der Waals surface area contributed by atoms with Crippen LogP contribution in [0.15, 0.2) is 34.1 Å². The second kappa shape index (κ2) is 8.28. The summed E-state index contributed by atoms with van der Waals surface area (Å²) in [6, 6.07) is 4.57. The molecule has 2 aromatic rings. The van der Waals surface area contributed by atoms with Gasteiger partial charge in [0.15, 0.2) is 0 Å². The predicted octanol–water partition coefficient (Wildman–Crippen LogP) is 2.86. The topological polar surface area (TPSA) is 85.7 Å². The minimum atomic E-state index is -3.73. The molecule has 29 heavy (non-hydrogen) atoms. The van der Waals surface area contributed by atoms with Crippen molar-refractivity contribution in [2.75, 3.05) is 19.7 Å². The minimum Gasteiger partial charge on any atom is -0.462 e. The lowest BCUT2D eigenvalue weighted by molar-refractivity contribution is 0.0524. The number of piperidine rings is 1. The fourth-order valence-corrected chi connectivity index (χ4v) is 5.81. The minimum absolute atomic E-state index is 0.0760. The van der Waals surface area contributed by atoms with Gasteiger partial charge in [-0.25, -0.2) is 13.2 Å². The van der Waals surface area contributed by atoms with E-state index in [1.807, 2.05) is 20.8 Å². The molecule has 2 atom stereocenters. The van der Waals surface area contributed by atoms with Gasteiger partial charge in [0.05, 0.1) is 17.0 Å². The number of hydrogen-bond donors (Lipinski definition) is 0. The standard InChI is InChI=1S/C21H28N2O5S/c1-5-22-13-18(21(25)28-6-2)20(24)17-10-16(7-8-19(17)22)29(26,27)23-11-14(3)9-15(4)12-23/h7-8,10,13-15H,5-6,9,11-12H2,1-4H3/t14-,15-/m0/s1. The smallest absolute Gasteiger partial charge is 0.343 e. The van der Waals surface area contributed by atoms with E-state index in [1.165, 1.54) is 22.6 Å². The Morgan fingerprint density at radius 2 is 1.83 bits per heavy atom. The second-order valence-electron chi connectivity index (χ2n) is 7.83. The van der Waals surface area contributed by atoms with E-state index >= 15 is 0 Å². The van der Waals surface area contributed by atoms with Gasteiger partial charge in [-0.05, 0) is 50.3 Å². The normalized spacial score (nSPS) is 20.7. The van der Waals surface area contributed by atoms with E-state index in [2.05, 4.69) is 0 Å².